The van der Waals surface area contributed by atoms with Crippen LogP contribution < -0.4 is 0 Å². The highest BCUT2D eigenvalue weighted by molar-refractivity contribution is 7.86. The lowest BCUT2D eigenvalue weighted by atomic mass is 9.86. The maximum Gasteiger partial charge on any atom is 0.295 e. The predicted molar refractivity (Wildman–Crippen MR) is 142 cm³/mol. The number of likely N-dealkylation sites (tertiary alicyclic amines) is 1. The molecule has 10 heteroatoms. The monoisotopic (exact) mass is 543 g/mol. The summed E-state index contributed by atoms with van der Waals surface area (Å²) in [7, 11) is -9.24. The van der Waals surface area contributed by atoms with Crippen LogP contribution in [0.5, 0.6) is 0 Å². The van der Waals surface area contributed by atoms with Gasteiger partial charge in [-0.3, -0.25) is 13.9 Å². The Hall–Kier alpha value is -2.79. The quantitative estimate of drug-likeness (QED) is 0.273. The number of amides is 1. The van der Waals surface area contributed by atoms with E-state index in [0.29, 0.717) is 57.6 Å². The van der Waals surface area contributed by atoms with Crippen molar-refractivity contribution in [1.29, 1.82) is 0 Å². The molecule has 1 aliphatic rings. The van der Waals surface area contributed by atoms with Crippen LogP contribution in [0.1, 0.15) is 37.8 Å². The number of nitrogens with zero attached hydrogens (tertiary/aromatic N) is 1. The number of rotatable bonds is 5. The van der Waals surface area contributed by atoms with Gasteiger partial charge < -0.3 is 4.90 Å². The molecule has 1 amide bonds. The normalized spacial score (nSPS) is 16.0. The fourth-order valence-electron chi connectivity index (χ4n) is 5.83. The Labute approximate surface area is 216 Å². The molecule has 8 nitrogen and oxygen atoms in total. The third kappa shape index (κ3) is 4.46. The van der Waals surface area contributed by atoms with Gasteiger partial charge in [-0.15, -0.1) is 0 Å². The first-order valence-electron chi connectivity index (χ1n) is 12.2. The van der Waals surface area contributed by atoms with Crippen molar-refractivity contribution in [1.82, 2.24) is 4.90 Å². The summed E-state index contributed by atoms with van der Waals surface area (Å²) in [5.41, 5.74) is 1.01. The lowest BCUT2D eigenvalue weighted by molar-refractivity contribution is -0.132. The smallest absolute Gasteiger partial charge is 0.295 e. The Morgan fingerprint density at radius 3 is 1.89 bits per heavy atom. The molecule has 4 aromatic carbocycles. The summed E-state index contributed by atoms with van der Waals surface area (Å²) in [6, 6.07) is 9.19. The first-order chi connectivity index (χ1) is 17.3. The van der Waals surface area contributed by atoms with Gasteiger partial charge in [0.25, 0.3) is 20.2 Å². The SMILES string of the molecule is Cc1cc(S(=O)(=O)O)c2ccc3c(S(=O)(=O)O)cc(CC(=O)N4CCC(C(C)C)CC4)c4ccc1c2c43. The average Bonchev–Trinajstić information content (AvgIpc) is 2.82. The highest BCUT2D eigenvalue weighted by atomic mass is 32.2. The minimum absolute atomic E-state index is 0.0623. The molecule has 1 saturated heterocycles. The number of carbonyl (C=O) groups is 1. The molecule has 0 unspecified atom stereocenters. The molecule has 0 aliphatic carbocycles. The minimum Gasteiger partial charge on any atom is -0.342 e. The second-order valence-electron chi connectivity index (χ2n) is 10.4. The molecular formula is C27H29NO7S2. The molecule has 1 fully saturated rings. The van der Waals surface area contributed by atoms with Crippen LogP contribution in [0.4, 0.5) is 0 Å². The highest BCUT2D eigenvalue weighted by Gasteiger charge is 2.28. The van der Waals surface area contributed by atoms with E-state index < -0.39 is 20.2 Å². The van der Waals surface area contributed by atoms with Crippen molar-refractivity contribution in [2.45, 2.75) is 49.8 Å². The van der Waals surface area contributed by atoms with E-state index in [4.69, 9.17) is 0 Å². The molecule has 5 rings (SSSR count). The Balaban J connectivity index is 1.73. The topological polar surface area (TPSA) is 129 Å². The predicted octanol–water partition coefficient (Wildman–Crippen LogP) is 4.82. The highest BCUT2D eigenvalue weighted by Crippen LogP contribution is 2.42. The van der Waals surface area contributed by atoms with Crippen LogP contribution in [-0.2, 0) is 31.5 Å². The van der Waals surface area contributed by atoms with Crippen molar-refractivity contribution in [3.63, 3.8) is 0 Å². The number of hydrogen-bond acceptors (Lipinski definition) is 5. The van der Waals surface area contributed by atoms with Gasteiger partial charge in [-0.25, -0.2) is 0 Å². The number of benzene rings is 4. The molecular weight excluding hydrogens is 514 g/mol. The minimum atomic E-state index is -4.67. The molecule has 0 saturated carbocycles. The Bertz CT molecular complexity index is 1770. The standard InChI is InChI=1S/C27H29NO7S2/c1-15(2)17-8-10-28(11-9-17)25(29)14-18-13-24(37(33,34)35)22-7-6-21-23(36(30,31)32)12-16(3)19-4-5-20(18)27(22)26(19)21/h4-7,12-13,15,17H,8-11,14H2,1-3H3,(H,30,31,32)(H,33,34,35). The summed E-state index contributed by atoms with van der Waals surface area (Å²) in [6.45, 7) is 7.33. The molecule has 0 spiro atoms. The maximum atomic E-state index is 13.3. The fraction of sp³-hybridized carbons (Fsp3) is 0.370. The van der Waals surface area contributed by atoms with Crippen LogP contribution in [0.3, 0.4) is 0 Å². The molecule has 0 bridgehead atoms. The summed E-state index contributed by atoms with van der Waals surface area (Å²) < 4.78 is 69.2. The van der Waals surface area contributed by atoms with Crippen LogP contribution in [-0.4, -0.2) is 49.8 Å². The van der Waals surface area contributed by atoms with Crippen LogP contribution in [0.25, 0.3) is 32.3 Å². The Morgan fingerprint density at radius 2 is 1.35 bits per heavy atom. The first-order valence-corrected chi connectivity index (χ1v) is 15.1. The number of aryl methyl sites for hydroxylation is 1. The van der Waals surface area contributed by atoms with Crippen LogP contribution in [0, 0.1) is 18.8 Å². The lowest BCUT2D eigenvalue weighted by Crippen LogP contribution is -2.40. The van der Waals surface area contributed by atoms with Crippen LogP contribution in [0.15, 0.2) is 46.2 Å². The second-order valence-corrected chi connectivity index (χ2v) is 13.2. The molecule has 4 aromatic rings. The van der Waals surface area contributed by atoms with Crippen molar-refractivity contribution in [3.8, 4) is 0 Å². The van der Waals surface area contributed by atoms with E-state index in [1.165, 1.54) is 24.3 Å². The van der Waals surface area contributed by atoms with E-state index >= 15 is 0 Å². The van der Waals surface area contributed by atoms with Gasteiger partial charge in [0.15, 0.2) is 0 Å². The number of piperidine rings is 1. The summed E-state index contributed by atoms with van der Waals surface area (Å²) >= 11 is 0. The summed E-state index contributed by atoms with van der Waals surface area (Å²) in [5.74, 6) is 0.974. The van der Waals surface area contributed by atoms with Crippen molar-refractivity contribution in [2.24, 2.45) is 11.8 Å². The van der Waals surface area contributed by atoms with Gasteiger partial charge in [-0.2, -0.15) is 16.8 Å². The zero-order valence-corrected chi connectivity index (χ0v) is 22.5. The molecule has 37 heavy (non-hydrogen) atoms. The molecule has 2 N–H and O–H groups in total. The lowest BCUT2D eigenvalue weighted by Gasteiger charge is -2.34. The Kier molecular flexibility index (Phi) is 6.22. The van der Waals surface area contributed by atoms with E-state index in [-0.39, 0.29) is 32.9 Å². The molecule has 196 valence electrons. The van der Waals surface area contributed by atoms with E-state index in [1.807, 2.05) is 6.07 Å². The molecule has 1 aliphatic heterocycles. The fourth-order valence-corrected chi connectivity index (χ4v) is 7.34. The van der Waals surface area contributed by atoms with Gasteiger partial charge in [-0.1, -0.05) is 38.1 Å². The zero-order chi connectivity index (χ0) is 26.9. The van der Waals surface area contributed by atoms with Crippen molar-refractivity contribution >= 4 is 58.5 Å². The molecule has 0 aromatic heterocycles. The number of carbonyl (C=O) groups excluding carboxylic acids is 1. The summed E-state index contributed by atoms with van der Waals surface area (Å²) in [6.07, 6.45) is 1.76. The Morgan fingerprint density at radius 1 is 0.865 bits per heavy atom. The van der Waals surface area contributed by atoms with Gasteiger partial charge >= 0.3 is 0 Å². The van der Waals surface area contributed by atoms with E-state index in [9.17, 15) is 30.7 Å². The third-order valence-electron chi connectivity index (χ3n) is 7.85. The molecule has 0 radical (unpaired) electrons. The second kappa shape index (κ2) is 8.90. The van der Waals surface area contributed by atoms with E-state index in [2.05, 4.69) is 13.8 Å². The van der Waals surface area contributed by atoms with Crippen molar-refractivity contribution < 1.29 is 30.7 Å². The summed E-state index contributed by atoms with van der Waals surface area (Å²) in [5, 5.41) is 2.62. The van der Waals surface area contributed by atoms with Gasteiger partial charge in [0, 0.05) is 23.9 Å². The average molecular weight is 544 g/mol. The van der Waals surface area contributed by atoms with Crippen molar-refractivity contribution in [3.05, 3.63) is 47.5 Å². The molecule has 0 atom stereocenters. The van der Waals surface area contributed by atoms with Gasteiger partial charge in [0.1, 0.15) is 9.79 Å². The molecule has 1 heterocycles. The van der Waals surface area contributed by atoms with Crippen molar-refractivity contribution in [2.75, 3.05) is 13.1 Å². The van der Waals surface area contributed by atoms with Gasteiger partial charge in [0.2, 0.25) is 5.91 Å². The van der Waals surface area contributed by atoms with Gasteiger partial charge in [-0.05, 0) is 76.4 Å². The number of hydrogen-bond donors (Lipinski definition) is 2. The van der Waals surface area contributed by atoms with Gasteiger partial charge in [0.05, 0.1) is 6.42 Å². The zero-order valence-electron chi connectivity index (χ0n) is 20.9. The van der Waals surface area contributed by atoms with E-state index in [0.717, 1.165) is 12.8 Å². The van der Waals surface area contributed by atoms with Crippen LogP contribution >= 0.6 is 0 Å². The first kappa shape index (κ1) is 25.8. The maximum absolute atomic E-state index is 13.3. The summed E-state index contributed by atoms with van der Waals surface area (Å²) in [4.78, 5) is 14.5. The van der Waals surface area contributed by atoms with E-state index in [1.54, 1.807) is 17.9 Å². The van der Waals surface area contributed by atoms with Crippen LogP contribution in [0.2, 0.25) is 0 Å². The largest absolute Gasteiger partial charge is 0.342 e. The third-order valence-corrected chi connectivity index (χ3v) is 9.64.